The Morgan fingerprint density at radius 3 is 2.50 bits per heavy atom. The first-order valence-electron chi connectivity index (χ1n) is 7.51. The summed E-state index contributed by atoms with van der Waals surface area (Å²) in [5.74, 6) is -0.0745. The van der Waals surface area contributed by atoms with Gasteiger partial charge in [-0.2, -0.15) is 0 Å². The van der Waals surface area contributed by atoms with Gasteiger partial charge in [0.1, 0.15) is 0 Å². The lowest BCUT2D eigenvalue weighted by Gasteiger charge is -2.26. The van der Waals surface area contributed by atoms with Crippen molar-refractivity contribution in [1.29, 1.82) is 0 Å². The van der Waals surface area contributed by atoms with Crippen LogP contribution in [0.5, 0.6) is 0 Å². The Bertz CT molecular complexity index is 499. The first-order valence-corrected chi connectivity index (χ1v) is 8.30. The van der Waals surface area contributed by atoms with Crippen LogP contribution in [0.15, 0.2) is 28.7 Å². The lowest BCUT2D eigenvalue weighted by Crippen LogP contribution is -2.41. The molecule has 2 rings (SSSR count). The van der Waals surface area contributed by atoms with Gasteiger partial charge in [0.2, 0.25) is 5.91 Å². The van der Waals surface area contributed by atoms with Crippen molar-refractivity contribution in [2.75, 3.05) is 39.4 Å². The lowest BCUT2D eigenvalue weighted by molar-refractivity contribution is -0.121. The molecule has 0 saturated carbocycles. The van der Waals surface area contributed by atoms with Crippen molar-refractivity contribution in [1.82, 2.24) is 10.2 Å². The van der Waals surface area contributed by atoms with E-state index in [1.807, 2.05) is 12.1 Å². The zero-order valence-electron chi connectivity index (χ0n) is 12.5. The minimum absolute atomic E-state index is 0.00386. The molecule has 22 heavy (non-hydrogen) atoms. The SMILES string of the molecule is O=C(CCC(=O)c1ccc(Br)cc1)NCCN1CCOCC1. The number of carbonyl (C=O) groups excluding carboxylic acids is 2. The van der Waals surface area contributed by atoms with Gasteiger partial charge in [-0.15, -0.1) is 0 Å². The minimum atomic E-state index is -0.0706. The molecule has 1 aromatic carbocycles. The van der Waals surface area contributed by atoms with Gasteiger partial charge in [0.15, 0.2) is 5.78 Å². The number of Topliss-reactive ketones (excluding diaryl/α,β-unsaturated/α-hetero) is 1. The second kappa shape index (κ2) is 9.02. The molecule has 0 aromatic heterocycles. The predicted molar refractivity (Wildman–Crippen MR) is 88.0 cm³/mol. The van der Waals surface area contributed by atoms with Gasteiger partial charge in [-0.1, -0.05) is 28.1 Å². The lowest BCUT2D eigenvalue weighted by atomic mass is 10.1. The monoisotopic (exact) mass is 368 g/mol. The molecule has 0 spiro atoms. The maximum atomic E-state index is 12.0. The van der Waals surface area contributed by atoms with Gasteiger partial charge in [-0.3, -0.25) is 14.5 Å². The molecule has 0 aliphatic carbocycles. The summed E-state index contributed by atoms with van der Waals surface area (Å²) >= 11 is 3.33. The normalized spacial score (nSPS) is 15.5. The summed E-state index contributed by atoms with van der Waals surface area (Å²) in [5.41, 5.74) is 0.643. The molecule has 0 atom stereocenters. The van der Waals surface area contributed by atoms with Crippen LogP contribution in [0.4, 0.5) is 0 Å². The van der Waals surface area contributed by atoms with Crippen LogP contribution in [0.1, 0.15) is 23.2 Å². The highest BCUT2D eigenvalue weighted by Gasteiger charge is 2.11. The average Bonchev–Trinajstić information content (AvgIpc) is 2.54. The molecule has 1 heterocycles. The van der Waals surface area contributed by atoms with E-state index in [-0.39, 0.29) is 24.5 Å². The number of amides is 1. The second-order valence-electron chi connectivity index (χ2n) is 5.23. The van der Waals surface area contributed by atoms with Crippen LogP contribution in [0.2, 0.25) is 0 Å². The molecule has 1 fully saturated rings. The van der Waals surface area contributed by atoms with Gasteiger partial charge >= 0.3 is 0 Å². The van der Waals surface area contributed by atoms with Crippen molar-refractivity contribution in [2.24, 2.45) is 0 Å². The highest BCUT2D eigenvalue weighted by atomic mass is 79.9. The van der Waals surface area contributed by atoms with Crippen molar-refractivity contribution in [3.05, 3.63) is 34.3 Å². The number of benzene rings is 1. The number of nitrogens with one attached hydrogen (secondary N) is 1. The number of rotatable bonds is 7. The number of hydrogen-bond acceptors (Lipinski definition) is 4. The molecule has 1 aromatic rings. The molecule has 1 saturated heterocycles. The highest BCUT2D eigenvalue weighted by Crippen LogP contribution is 2.12. The van der Waals surface area contributed by atoms with Gasteiger partial charge in [0.05, 0.1) is 13.2 Å². The number of carbonyl (C=O) groups is 2. The Morgan fingerprint density at radius 1 is 1.14 bits per heavy atom. The highest BCUT2D eigenvalue weighted by molar-refractivity contribution is 9.10. The maximum Gasteiger partial charge on any atom is 0.220 e. The van der Waals surface area contributed by atoms with E-state index in [0.717, 1.165) is 37.3 Å². The Kier molecular flexibility index (Phi) is 7.02. The average molecular weight is 369 g/mol. The second-order valence-corrected chi connectivity index (χ2v) is 6.15. The van der Waals surface area contributed by atoms with E-state index >= 15 is 0 Å². The maximum absolute atomic E-state index is 12.0. The van der Waals surface area contributed by atoms with E-state index in [1.54, 1.807) is 12.1 Å². The molecule has 1 aliphatic rings. The fourth-order valence-electron chi connectivity index (χ4n) is 2.27. The minimum Gasteiger partial charge on any atom is -0.379 e. The summed E-state index contributed by atoms with van der Waals surface area (Å²) < 4.78 is 6.21. The summed E-state index contributed by atoms with van der Waals surface area (Å²) in [6.45, 7) is 4.79. The Balaban J connectivity index is 1.62. The molecule has 5 nitrogen and oxygen atoms in total. The first-order chi connectivity index (χ1) is 10.6. The van der Waals surface area contributed by atoms with Gasteiger partial charge in [0.25, 0.3) is 0 Å². The molecule has 0 radical (unpaired) electrons. The van der Waals surface area contributed by atoms with E-state index in [1.165, 1.54) is 0 Å². The number of nitrogens with zero attached hydrogens (tertiary/aromatic N) is 1. The fourth-order valence-corrected chi connectivity index (χ4v) is 2.54. The van der Waals surface area contributed by atoms with Crippen LogP contribution in [0, 0.1) is 0 Å². The van der Waals surface area contributed by atoms with E-state index in [2.05, 4.69) is 26.1 Å². The van der Waals surface area contributed by atoms with Crippen molar-refractivity contribution in [2.45, 2.75) is 12.8 Å². The van der Waals surface area contributed by atoms with E-state index < -0.39 is 0 Å². The number of halogens is 1. The molecule has 0 bridgehead atoms. The third-order valence-corrected chi connectivity index (χ3v) is 4.13. The predicted octanol–water partition coefficient (Wildman–Crippen LogP) is 1.86. The van der Waals surface area contributed by atoms with Crippen molar-refractivity contribution in [3.8, 4) is 0 Å². The molecule has 1 aliphatic heterocycles. The van der Waals surface area contributed by atoms with E-state index in [9.17, 15) is 9.59 Å². The summed E-state index contributed by atoms with van der Waals surface area (Å²) in [6, 6.07) is 7.19. The Morgan fingerprint density at radius 2 is 1.82 bits per heavy atom. The van der Waals surface area contributed by atoms with Gasteiger partial charge < -0.3 is 10.1 Å². The third-order valence-electron chi connectivity index (χ3n) is 3.60. The molecule has 1 amide bonds. The van der Waals surface area contributed by atoms with Crippen LogP contribution in [0.25, 0.3) is 0 Å². The van der Waals surface area contributed by atoms with Crippen molar-refractivity contribution >= 4 is 27.6 Å². The molecular weight excluding hydrogens is 348 g/mol. The van der Waals surface area contributed by atoms with Crippen LogP contribution < -0.4 is 5.32 Å². The zero-order chi connectivity index (χ0) is 15.8. The zero-order valence-corrected chi connectivity index (χ0v) is 14.1. The van der Waals surface area contributed by atoms with Crippen LogP contribution in [0.3, 0.4) is 0 Å². The fraction of sp³-hybridized carbons (Fsp3) is 0.500. The van der Waals surface area contributed by atoms with Gasteiger partial charge in [-0.05, 0) is 12.1 Å². The topological polar surface area (TPSA) is 58.6 Å². The number of hydrogen-bond donors (Lipinski definition) is 1. The van der Waals surface area contributed by atoms with E-state index in [4.69, 9.17) is 4.74 Å². The van der Waals surface area contributed by atoms with Crippen LogP contribution in [-0.4, -0.2) is 56.0 Å². The summed E-state index contributed by atoms with van der Waals surface area (Å²) in [7, 11) is 0. The summed E-state index contributed by atoms with van der Waals surface area (Å²) in [6.07, 6.45) is 0.475. The van der Waals surface area contributed by atoms with Crippen LogP contribution >= 0.6 is 15.9 Å². The van der Waals surface area contributed by atoms with Gasteiger partial charge in [0, 0.05) is 49.1 Å². The Labute approximate surface area is 139 Å². The largest absolute Gasteiger partial charge is 0.379 e. The Hall–Kier alpha value is -1.24. The van der Waals surface area contributed by atoms with E-state index in [0.29, 0.717) is 12.1 Å². The van der Waals surface area contributed by atoms with Gasteiger partial charge in [-0.25, -0.2) is 0 Å². The quantitative estimate of drug-likeness (QED) is 0.746. The van der Waals surface area contributed by atoms with Crippen LogP contribution in [-0.2, 0) is 9.53 Å². The number of ether oxygens (including phenoxy) is 1. The van der Waals surface area contributed by atoms with Crippen molar-refractivity contribution < 1.29 is 14.3 Å². The third kappa shape index (κ3) is 5.87. The molecule has 1 N–H and O–H groups in total. The number of morpholine rings is 1. The molecular formula is C16H21BrN2O3. The molecule has 6 heteroatoms. The summed E-state index contributed by atoms with van der Waals surface area (Å²) in [4.78, 5) is 26.0. The molecule has 0 unspecified atom stereocenters. The number of ketones is 1. The first kappa shape index (κ1) is 17.1. The molecule has 120 valence electrons. The smallest absolute Gasteiger partial charge is 0.220 e. The van der Waals surface area contributed by atoms with Crippen molar-refractivity contribution in [3.63, 3.8) is 0 Å². The standard InChI is InChI=1S/C16H21BrN2O3/c17-14-3-1-13(2-4-14)15(20)5-6-16(21)18-7-8-19-9-11-22-12-10-19/h1-4H,5-12H2,(H,18,21). The summed E-state index contributed by atoms with van der Waals surface area (Å²) in [5, 5.41) is 2.86.